The Morgan fingerprint density at radius 3 is 2.48 bits per heavy atom. The van der Waals surface area contributed by atoms with Crippen molar-refractivity contribution in [2.75, 3.05) is 11.9 Å². The van der Waals surface area contributed by atoms with Crippen LogP contribution in [0.5, 0.6) is 0 Å². The van der Waals surface area contributed by atoms with Crippen LogP contribution in [0.2, 0.25) is 0 Å². The van der Waals surface area contributed by atoms with Crippen LogP contribution in [0.25, 0.3) is 6.08 Å². The zero-order chi connectivity index (χ0) is 22.4. The molecular weight excluding hydrogens is 416 g/mol. The Hall–Kier alpha value is -3.07. The van der Waals surface area contributed by atoms with E-state index in [0.717, 1.165) is 42.7 Å². The number of benzene rings is 1. The topological polar surface area (TPSA) is 105 Å². The van der Waals surface area contributed by atoms with Crippen molar-refractivity contribution in [2.45, 2.75) is 52.0 Å². The molecule has 1 aliphatic carbocycles. The maximum Gasteiger partial charge on any atom is 0.269 e. The summed E-state index contributed by atoms with van der Waals surface area (Å²) in [7, 11) is 0. The van der Waals surface area contributed by atoms with Crippen LogP contribution in [0.4, 0.5) is 10.8 Å². The van der Waals surface area contributed by atoms with Gasteiger partial charge in [0.1, 0.15) is 6.54 Å². The van der Waals surface area contributed by atoms with Gasteiger partial charge in [0.2, 0.25) is 11.8 Å². The number of nitro benzene ring substituents is 1. The summed E-state index contributed by atoms with van der Waals surface area (Å²) in [4.78, 5) is 42.9. The Morgan fingerprint density at radius 1 is 1.23 bits per heavy atom. The minimum absolute atomic E-state index is 0.00311. The standard InChI is InChI=1S/C22H26N4O4S/c1-15-16(2)31-22(23-15)24-20(27)14-25(18-6-4-3-5-7-18)21(28)13-10-17-8-11-19(12-9-17)26(29)30/h8-13,18H,3-7,14H2,1-2H3,(H,23,24,27). The Kier molecular flexibility index (Phi) is 7.51. The van der Waals surface area contributed by atoms with Crippen molar-refractivity contribution in [1.82, 2.24) is 9.88 Å². The molecule has 1 saturated carbocycles. The van der Waals surface area contributed by atoms with Crippen molar-refractivity contribution in [3.63, 3.8) is 0 Å². The molecule has 3 rings (SSSR count). The number of nitrogens with one attached hydrogen (secondary N) is 1. The van der Waals surface area contributed by atoms with Gasteiger partial charge < -0.3 is 10.2 Å². The first-order chi connectivity index (χ1) is 14.8. The van der Waals surface area contributed by atoms with Crippen LogP contribution < -0.4 is 5.32 Å². The van der Waals surface area contributed by atoms with Crippen LogP contribution in [0.15, 0.2) is 30.3 Å². The summed E-state index contributed by atoms with van der Waals surface area (Å²) < 4.78 is 0. The van der Waals surface area contributed by atoms with Gasteiger partial charge in [0.25, 0.3) is 5.69 Å². The van der Waals surface area contributed by atoms with Gasteiger partial charge in [0.05, 0.1) is 10.6 Å². The lowest BCUT2D eigenvalue weighted by Crippen LogP contribution is -2.45. The molecule has 1 fully saturated rings. The average Bonchev–Trinajstić information content (AvgIpc) is 3.07. The fourth-order valence-electron chi connectivity index (χ4n) is 3.59. The summed E-state index contributed by atoms with van der Waals surface area (Å²) in [6.45, 7) is 3.80. The highest BCUT2D eigenvalue weighted by atomic mass is 32.1. The molecule has 0 saturated heterocycles. The Morgan fingerprint density at radius 2 is 1.90 bits per heavy atom. The fourth-order valence-corrected chi connectivity index (χ4v) is 4.42. The van der Waals surface area contributed by atoms with Crippen molar-refractivity contribution < 1.29 is 14.5 Å². The molecule has 0 radical (unpaired) electrons. The minimum Gasteiger partial charge on any atom is -0.327 e. The lowest BCUT2D eigenvalue weighted by Gasteiger charge is -2.33. The number of hydrogen-bond acceptors (Lipinski definition) is 6. The first-order valence-corrected chi connectivity index (χ1v) is 11.1. The van der Waals surface area contributed by atoms with Crippen LogP contribution in [0.1, 0.15) is 48.2 Å². The predicted octanol–water partition coefficient (Wildman–Crippen LogP) is 4.48. The van der Waals surface area contributed by atoms with Crippen LogP contribution in [-0.4, -0.2) is 39.2 Å². The number of hydrogen-bond donors (Lipinski definition) is 1. The molecule has 1 aromatic heterocycles. The molecule has 31 heavy (non-hydrogen) atoms. The molecule has 0 aliphatic heterocycles. The van der Waals surface area contributed by atoms with E-state index in [1.54, 1.807) is 23.1 Å². The van der Waals surface area contributed by atoms with E-state index in [-0.39, 0.29) is 30.1 Å². The molecule has 2 amide bonds. The summed E-state index contributed by atoms with van der Waals surface area (Å²) >= 11 is 1.42. The van der Waals surface area contributed by atoms with E-state index in [9.17, 15) is 19.7 Å². The number of carbonyl (C=O) groups is 2. The largest absolute Gasteiger partial charge is 0.327 e. The smallest absolute Gasteiger partial charge is 0.269 e. The lowest BCUT2D eigenvalue weighted by atomic mass is 9.94. The Labute approximate surface area is 185 Å². The Bertz CT molecular complexity index is 958. The van der Waals surface area contributed by atoms with E-state index in [4.69, 9.17) is 0 Å². The quantitative estimate of drug-likeness (QED) is 0.387. The van der Waals surface area contributed by atoms with Crippen molar-refractivity contribution in [3.05, 3.63) is 56.6 Å². The molecular formula is C22H26N4O4S. The summed E-state index contributed by atoms with van der Waals surface area (Å²) in [5, 5.41) is 14.1. The van der Waals surface area contributed by atoms with Gasteiger partial charge in [-0.05, 0) is 50.5 Å². The van der Waals surface area contributed by atoms with E-state index >= 15 is 0 Å². The molecule has 164 valence electrons. The number of carbonyl (C=O) groups excluding carboxylic acids is 2. The predicted molar refractivity (Wildman–Crippen MR) is 121 cm³/mol. The Balaban J connectivity index is 1.70. The van der Waals surface area contributed by atoms with E-state index in [2.05, 4.69) is 10.3 Å². The first-order valence-electron chi connectivity index (χ1n) is 10.3. The van der Waals surface area contributed by atoms with Gasteiger partial charge in [-0.3, -0.25) is 19.7 Å². The monoisotopic (exact) mass is 442 g/mol. The van der Waals surface area contributed by atoms with Crippen molar-refractivity contribution >= 4 is 40.0 Å². The SMILES string of the molecule is Cc1nc(NC(=O)CN(C(=O)C=Cc2ccc([N+](=O)[O-])cc2)C2CCCCC2)sc1C. The molecule has 0 atom stereocenters. The van der Waals surface area contributed by atoms with E-state index < -0.39 is 4.92 Å². The number of nitrogens with zero attached hydrogens (tertiary/aromatic N) is 3. The number of thiazole rings is 1. The molecule has 2 aromatic rings. The van der Waals surface area contributed by atoms with Crippen LogP contribution in [0.3, 0.4) is 0 Å². The molecule has 9 heteroatoms. The molecule has 1 aliphatic rings. The number of nitro groups is 1. The molecule has 1 N–H and O–H groups in total. The molecule has 8 nitrogen and oxygen atoms in total. The van der Waals surface area contributed by atoms with Crippen molar-refractivity contribution in [1.29, 1.82) is 0 Å². The molecule has 0 bridgehead atoms. The molecule has 1 heterocycles. The molecule has 1 aromatic carbocycles. The van der Waals surface area contributed by atoms with Crippen molar-refractivity contribution in [3.8, 4) is 0 Å². The highest BCUT2D eigenvalue weighted by molar-refractivity contribution is 7.15. The average molecular weight is 443 g/mol. The second-order valence-corrected chi connectivity index (χ2v) is 8.85. The lowest BCUT2D eigenvalue weighted by molar-refractivity contribution is -0.384. The van der Waals surface area contributed by atoms with E-state index in [1.165, 1.54) is 29.5 Å². The normalized spacial score (nSPS) is 14.5. The number of amides is 2. The maximum absolute atomic E-state index is 13.0. The van der Waals surface area contributed by atoms with Gasteiger partial charge in [0.15, 0.2) is 5.13 Å². The third kappa shape index (κ3) is 6.21. The van der Waals surface area contributed by atoms with Crippen molar-refractivity contribution in [2.24, 2.45) is 0 Å². The third-order valence-electron chi connectivity index (χ3n) is 5.41. The van der Waals surface area contributed by atoms with E-state index in [1.807, 2.05) is 13.8 Å². The highest BCUT2D eigenvalue weighted by Crippen LogP contribution is 2.24. The first kappa shape index (κ1) is 22.6. The molecule has 0 unspecified atom stereocenters. The van der Waals surface area contributed by atoms with Crippen LogP contribution in [0, 0.1) is 24.0 Å². The van der Waals surface area contributed by atoms with Gasteiger partial charge in [0, 0.05) is 29.1 Å². The van der Waals surface area contributed by atoms with Crippen LogP contribution >= 0.6 is 11.3 Å². The van der Waals surface area contributed by atoms with Gasteiger partial charge in [-0.15, -0.1) is 11.3 Å². The van der Waals surface area contributed by atoms with Gasteiger partial charge in [-0.2, -0.15) is 0 Å². The maximum atomic E-state index is 13.0. The van der Waals surface area contributed by atoms with Gasteiger partial charge in [-0.1, -0.05) is 19.3 Å². The number of aromatic nitrogens is 1. The summed E-state index contributed by atoms with van der Waals surface area (Å²) in [6.07, 6.45) is 8.01. The summed E-state index contributed by atoms with van der Waals surface area (Å²) in [6, 6.07) is 6.00. The van der Waals surface area contributed by atoms with Gasteiger partial charge in [-0.25, -0.2) is 4.98 Å². The zero-order valence-corrected chi connectivity index (χ0v) is 18.5. The van der Waals surface area contributed by atoms with Gasteiger partial charge >= 0.3 is 0 Å². The third-order valence-corrected chi connectivity index (χ3v) is 6.40. The minimum atomic E-state index is -0.465. The second kappa shape index (κ2) is 10.3. The number of anilines is 1. The number of non-ortho nitro benzene ring substituents is 1. The number of rotatable bonds is 7. The highest BCUT2D eigenvalue weighted by Gasteiger charge is 2.26. The second-order valence-electron chi connectivity index (χ2n) is 7.65. The number of aryl methyl sites for hydroxylation is 2. The summed E-state index contributed by atoms with van der Waals surface area (Å²) in [5.74, 6) is -0.511. The molecule has 0 spiro atoms. The fraction of sp³-hybridized carbons (Fsp3) is 0.409. The zero-order valence-electron chi connectivity index (χ0n) is 17.7. The van der Waals surface area contributed by atoms with E-state index in [0.29, 0.717) is 10.7 Å². The summed E-state index contributed by atoms with van der Waals surface area (Å²) in [5.41, 5.74) is 1.56. The van der Waals surface area contributed by atoms with Crippen LogP contribution in [-0.2, 0) is 9.59 Å².